The number of hydrogen-bond acceptors (Lipinski definition) is 6. The summed E-state index contributed by atoms with van der Waals surface area (Å²) in [6, 6.07) is 1.07. The van der Waals surface area contributed by atoms with Crippen molar-refractivity contribution < 1.29 is 0 Å². The molecule has 7 nitrogen and oxygen atoms in total. The summed E-state index contributed by atoms with van der Waals surface area (Å²) >= 11 is 0. The van der Waals surface area contributed by atoms with E-state index in [-0.39, 0.29) is 6.04 Å². The third kappa shape index (κ3) is 4.23. The van der Waals surface area contributed by atoms with Crippen molar-refractivity contribution in [1.29, 1.82) is 0 Å². The zero-order chi connectivity index (χ0) is 15.4. The van der Waals surface area contributed by atoms with Gasteiger partial charge in [0.25, 0.3) is 0 Å². The van der Waals surface area contributed by atoms with E-state index in [1.807, 2.05) is 4.68 Å². The largest absolute Gasteiger partial charge is 0.304 e. The first kappa shape index (κ1) is 16.4. The predicted molar refractivity (Wildman–Crippen MR) is 83.8 cm³/mol. The monoisotopic (exact) mass is 295 g/mol. The van der Waals surface area contributed by atoms with Crippen LogP contribution >= 0.6 is 0 Å². The Morgan fingerprint density at radius 2 is 2.14 bits per heavy atom. The minimum absolute atomic E-state index is 0.214. The molecule has 21 heavy (non-hydrogen) atoms. The Labute approximate surface area is 127 Å². The molecule has 0 spiro atoms. The number of piperazine rings is 1. The fourth-order valence-electron chi connectivity index (χ4n) is 2.97. The predicted octanol–water partition coefficient (Wildman–Crippen LogP) is -0.131. The van der Waals surface area contributed by atoms with E-state index in [1.54, 1.807) is 6.33 Å². The lowest BCUT2D eigenvalue weighted by atomic mass is 10.0. The number of nitrogens with zero attached hydrogens (tertiary/aromatic N) is 5. The first-order valence-corrected chi connectivity index (χ1v) is 7.74. The average molecular weight is 295 g/mol. The van der Waals surface area contributed by atoms with Gasteiger partial charge < -0.3 is 9.80 Å². The molecule has 1 aromatic rings. The summed E-state index contributed by atoms with van der Waals surface area (Å²) in [7, 11) is 4.38. The Bertz CT molecular complexity index is 431. The lowest BCUT2D eigenvalue weighted by Gasteiger charge is -2.39. The third-order valence-electron chi connectivity index (χ3n) is 4.34. The fraction of sp³-hybridized carbons (Fsp3) is 0.857. The molecule has 2 unspecified atom stereocenters. The fourth-order valence-corrected chi connectivity index (χ4v) is 2.97. The van der Waals surface area contributed by atoms with Crippen LogP contribution in [0.1, 0.15) is 32.1 Å². The van der Waals surface area contributed by atoms with Crippen molar-refractivity contribution in [3.05, 3.63) is 12.2 Å². The summed E-state index contributed by atoms with van der Waals surface area (Å²) in [4.78, 5) is 9.20. The van der Waals surface area contributed by atoms with E-state index in [9.17, 15) is 0 Å². The molecule has 1 fully saturated rings. The Balaban J connectivity index is 1.98. The lowest BCUT2D eigenvalue weighted by molar-refractivity contribution is 0.101. The number of hydrazine groups is 1. The topological polar surface area (TPSA) is 75.2 Å². The van der Waals surface area contributed by atoms with Crippen LogP contribution in [0, 0.1) is 0 Å². The summed E-state index contributed by atoms with van der Waals surface area (Å²) in [5, 5.41) is 4.30. The van der Waals surface area contributed by atoms with Gasteiger partial charge in [0, 0.05) is 44.2 Å². The molecule has 2 rings (SSSR count). The highest BCUT2D eigenvalue weighted by atomic mass is 15.4. The maximum Gasteiger partial charge on any atom is 0.138 e. The van der Waals surface area contributed by atoms with Crippen molar-refractivity contribution >= 4 is 0 Å². The molecule has 3 N–H and O–H groups in total. The number of rotatable bonds is 6. The molecule has 1 aliphatic heterocycles. The zero-order valence-electron chi connectivity index (χ0n) is 13.7. The van der Waals surface area contributed by atoms with E-state index in [0.717, 1.165) is 38.3 Å². The lowest BCUT2D eigenvalue weighted by Crippen LogP contribution is -2.53. The van der Waals surface area contributed by atoms with Crippen LogP contribution in [0.3, 0.4) is 0 Å². The Hall–Kier alpha value is -1.02. The second-order valence-electron chi connectivity index (χ2n) is 6.41. The molecule has 2 heterocycles. The van der Waals surface area contributed by atoms with Crippen LogP contribution in [0.2, 0.25) is 0 Å². The number of aromatic nitrogens is 3. The summed E-state index contributed by atoms with van der Waals surface area (Å²) in [5.74, 6) is 6.77. The summed E-state index contributed by atoms with van der Waals surface area (Å²) in [6.07, 6.45) is 3.45. The van der Waals surface area contributed by atoms with Crippen LogP contribution in [0.5, 0.6) is 0 Å². The van der Waals surface area contributed by atoms with Crippen LogP contribution in [0.25, 0.3) is 0 Å². The van der Waals surface area contributed by atoms with E-state index >= 15 is 0 Å². The first-order valence-electron chi connectivity index (χ1n) is 7.74. The standard InChI is InChI=1S/C14H29N7/c1-11(2)21-14(16-10-17-21)8-12(18-15)7-13-9-19(3)5-6-20(13)4/h10-13,18H,5-9,15H2,1-4H3. The Morgan fingerprint density at radius 3 is 2.81 bits per heavy atom. The van der Waals surface area contributed by atoms with Crippen molar-refractivity contribution in [2.75, 3.05) is 33.7 Å². The second-order valence-corrected chi connectivity index (χ2v) is 6.41. The van der Waals surface area contributed by atoms with Gasteiger partial charge in [0.15, 0.2) is 0 Å². The third-order valence-corrected chi connectivity index (χ3v) is 4.34. The smallest absolute Gasteiger partial charge is 0.138 e. The number of likely N-dealkylation sites (N-methyl/N-ethyl adjacent to an activating group) is 2. The van der Waals surface area contributed by atoms with Gasteiger partial charge in [-0.05, 0) is 34.4 Å². The van der Waals surface area contributed by atoms with E-state index in [1.165, 1.54) is 0 Å². The molecule has 0 radical (unpaired) electrons. The molecular formula is C14H29N7. The highest BCUT2D eigenvalue weighted by Gasteiger charge is 2.26. The highest BCUT2D eigenvalue weighted by molar-refractivity contribution is 4.93. The van der Waals surface area contributed by atoms with Gasteiger partial charge in [-0.25, -0.2) is 9.67 Å². The van der Waals surface area contributed by atoms with E-state index in [0.29, 0.717) is 12.1 Å². The van der Waals surface area contributed by atoms with Crippen LogP contribution in [0.4, 0.5) is 0 Å². The molecular weight excluding hydrogens is 266 g/mol. The maximum absolute atomic E-state index is 5.77. The molecule has 1 aromatic heterocycles. The first-order chi connectivity index (χ1) is 10.0. The van der Waals surface area contributed by atoms with Gasteiger partial charge in [-0.3, -0.25) is 11.3 Å². The summed E-state index contributed by atoms with van der Waals surface area (Å²) < 4.78 is 1.97. The quantitative estimate of drug-likeness (QED) is 0.562. The molecule has 1 saturated heterocycles. The molecule has 0 amide bonds. The summed E-state index contributed by atoms with van der Waals surface area (Å²) in [5.41, 5.74) is 2.96. The number of nitrogens with one attached hydrogen (secondary N) is 1. The van der Waals surface area contributed by atoms with Crippen LogP contribution in [-0.2, 0) is 6.42 Å². The van der Waals surface area contributed by atoms with Gasteiger partial charge in [-0.2, -0.15) is 5.10 Å². The molecule has 120 valence electrons. The van der Waals surface area contributed by atoms with Gasteiger partial charge in [-0.15, -0.1) is 0 Å². The van der Waals surface area contributed by atoms with E-state index < -0.39 is 0 Å². The normalized spacial score (nSPS) is 22.9. The molecule has 0 aliphatic carbocycles. The van der Waals surface area contributed by atoms with Crippen molar-refractivity contribution in [2.24, 2.45) is 5.84 Å². The Kier molecular flexibility index (Phi) is 5.69. The van der Waals surface area contributed by atoms with Crippen molar-refractivity contribution in [3.63, 3.8) is 0 Å². The zero-order valence-corrected chi connectivity index (χ0v) is 13.7. The van der Waals surface area contributed by atoms with Crippen LogP contribution < -0.4 is 11.3 Å². The molecule has 0 saturated carbocycles. The van der Waals surface area contributed by atoms with Crippen molar-refractivity contribution in [1.82, 2.24) is 30.0 Å². The van der Waals surface area contributed by atoms with Crippen LogP contribution in [-0.4, -0.2) is 70.4 Å². The molecule has 7 heteroatoms. The Morgan fingerprint density at radius 1 is 1.38 bits per heavy atom. The van der Waals surface area contributed by atoms with E-state index in [2.05, 4.69) is 53.3 Å². The second kappa shape index (κ2) is 7.31. The minimum Gasteiger partial charge on any atom is -0.304 e. The molecule has 1 aliphatic rings. The van der Waals surface area contributed by atoms with Gasteiger partial charge in [0.1, 0.15) is 12.2 Å². The highest BCUT2D eigenvalue weighted by Crippen LogP contribution is 2.15. The van der Waals surface area contributed by atoms with Crippen molar-refractivity contribution in [2.45, 2.75) is 44.8 Å². The average Bonchev–Trinajstić information content (AvgIpc) is 2.90. The van der Waals surface area contributed by atoms with Crippen molar-refractivity contribution in [3.8, 4) is 0 Å². The van der Waals surface area contributed by atoms with Gasteiger partial charge in [0.05, 0.1) is 0 Å². The summed E-state index contributed by atoms with van der Waals surface area (Å²) in [6.45, 7) is 7.57. The maximum atomic E-state index is 5.77. The molecule has 0 aromatic carbocycles. The molecule has 0 bridgehead atoms. The van der Waals surface area contributed by atoms with E-state index in [4.69, 9.17) is 5.84 Å². The molecule has 2 atom stereocenters. The van der Waals surface area contributed by atoms with Gasteiger partial charge in [-0.1, -0.05) is 0 Å². The SMILES string of the molecule is CC(C)n1ncnc1CC(CC1CN(C)CCN1C)NN. The number of hydrogen-bond donors (Lipinski definition) is 2. The van der Waals surface area contributed by atoms with Crippen LogP contribution in [0.15, 0.2) is 6.33 Å². The van der Waals surface area contributed by atoms with Gasteiger partial charge >= 0.3 is 0 Å². The number of nitrogens with two attached hydrogens (primary N) is 1. The van der Waals surface area contributed by atoms with Gasteiger partial charge in [0.2, 0.25) is 0 Å². The minimum atomic E-state index is 0.214.